The number of nitriles is 2. The number of carbonyl (C=O) groups excluding carboxylic acids is 2. The molecule has 2 aromatic heterocycles. The molecule has 63 heavy (non-hydrogen) atoms. The summed E-state index contributed by atoms with van der Waals surface area (Å²) >= 11 is 6.18. The standard InChI is InChI=1S/C27H27N5O2.C21H22ClN5O2.6H2/c1-27(2,3)34-26(33)29-17-9-5-8-12-22-19-30-25(31-23-15-13-20(18-28)14-16-23)32-24(22)21-10-6-4-7-11-21;1-21(2,3)29-20(28)24-12-6-4-5-7-16-14-25-19(27-18(16)22)26-17-10-8-15(13-23)9-11-17;;;;;;/h4,6-7,10-11,13-16,19H,5,9,17H2,1-3H3,(H,29,33)(H,30,31,32);8-11,14H,4,6,12H2,1-3H3,(H,24,28)(H,25,26,27);6*1H/i;;5*1+2T;1+2. The van der Waals surface area contributed by atoms with Gasteiger partial charge in [0.25, 0.3) is 0 Å². The number of hydrogen-bond acceptors (Lipinski definition) is 12. The predicted octanol–water partition coefficient (Wildman–Crippen LogP) is 11.3. The molecule has 2 amide bonds. The number of amides is 2. The van der Waals surface area contributed by atoms with Gasteiger partial charge in [0.05, 0.1) is 40.1 Å². The van der Waals surface area contributed by atoms with E-state index in [-0.39, 0.29) is 6.58 Å². The Balaban J connectivity index is -0.00000116. The summed E-state index contributed by atoms with van der Waals surface area (Å²) in [7, 11) is 0. The van der Waals surface area contributed by atoms with Crippen LogP contribution in [-0.2, 0) is 9.47 Å². The first-order chi connectivity index (χ1) is 35.1. The summed E-state index contributed by atoms with van der Waals surface area (Å²) in [6, 6.07) is 28.0. The third-order valence-corrected chi connectivity index (χ3v) is 8.15. The summed E-state index contributed by atoms with van der Waals surface area (Å²) in [5.74, 6) is 13.0. The molecule has 0 atom stereocenters. The fraction of sp³-hybridized carbons (Fsp3) is 0.292. The number of ether oxygens (including phenoxy) is 2. The molecule has 15 heteroatoms. The molecular formula is C48H61ClN10O4. The maximum absolute atomic E-state index is 11.7. The zero-order chi connectivity index (χ0) is 55.7. The Morgan fingerprint density at radius 1 is 0.667 bits per heavy atom. The Morgan fingerprint density at radius 2 is 1.11 bits per heavy atom. The van der Waals surface area contributed by atoms with Crippen LogP contribution in [0.1, 0.15) is 106 Å². The number of benzene rings is 3. The number of unbranched alkanes of at least 4 members (excludes halogenated alkanes) is 2. The highest BCUT2D eigenvalue weighted by Gasteiger charge is 2.16. The van der Waals surface area contributed by atoms with E-state index in [1.807, 2.05) is 84.0 Å². The first-order valence-corrected chi connectivity index (χ1v) is 20.4. The third kappa shape index (κ3) is 18.2. The highest BCUT2D eigenvalue weighted by molar-refractivity contribution is 6.30. The molecule has 0 radical (unpaired) electrons. The molecule has 334 valence electrons. The zero-order valence-electron chi connectivity index (χ0n) is 46.1. The Bertz CT molecular complexity index is 2560. The Kier molecular flexibility index (Phi) is 15.5. The molecule has 5 rings (SSSR count). The van der Waals surface area contributed by atoms with Crippen molar-refractivity contribution in [2.45, 2.75) is 78.4 Å². The number of aromatic nitrogens is 4. The van der Waals surface area contributed by atoms with Crippen molar-refractivity contribution in [2.24, 2.45) is 0 Å². The van der Waals surface area contributed by atoms with E-state index in [4.69, 9.17) is 46.4 Å². The molecule has 0 aliphatic rings. The van der Waals surface area contributed by atoms with Crippen molar-refractivity contribution in [3.63, 3.8) is 0 Å². The van der Waals surface area contributed by atoms with Crippen molar-refractivity contribution in [3.8, 4) is 47.1 Å². The van der Waals surface area contributed by atoms with Crippen LogP contribution in [0.5, 0.6) is 0 Å². The molecule has 0 spiro atoms. The van der Waals surface area contributed by atoms with Gasteiger partial charge in [-0.2, -0.15) is 15.5 Å². The van der Waals surface area contributed by atoms with Crippen LogP contribution in [0.3, 0.4) is 0 Å². The molecule has 0 fully saturated rings. The summed E-state index contributed by atoms with van der Waals surface area (Å²) in [5.41, 5.74) is 4.57. The molecule has 0 saturated carbocycles. The first kappa shape index (κ1) is 40.7. The highest BCUT2D eigenvalue weighted by Crippen LogP contribution is 2.24. The smallest absolute Gasteiger partial charge is 0.407 e. The van der Waals surface area contributed by atoms with Gasteiger partial charge in [0.2, 0.25) is 11.9 Å². The van der Waals surface area contributed by atoms with Gasteiger partial charge in [-0.1, -0.05) is 65.6 Å². The minimum atomic E-state index is -0.515. The SMILES string of the molecule is CC(C)(C)OC(=O)NCCCC#Cc1cnc(Nc2ccc(C#N)cc2)nc1-c1ccccc1.CC(C)(C)OC(=O)NCCCC#Cc1cnc(Nc2ccc(C#N)cc2)nc1Cl.[3HH].[3H][3H].[3H][3H].[3H][3H].[3H][3H].[3H][3H]. The van der Waals surface area contributed by atoms with Gasteiger partial charge in [0.15, 0.2) is 0 Å². The number of anilines is 4. The largest absolute Gasteiger partial charge is 0.444 e. The van der Waals surface area contributed by atoms with Crippen molar-refractivity contribution < 1.29 is 35.3 Å². The maximum Gasteiger partial charge on any atom is 0.407 e. The second kappa shape index (κ2) is 24.0. The number of rotatable bonds is 11. The van der Waals surface area contributed by atoms with Gasteiger partial charge in [-0.15, -0.1) is 0 Å². The molecule has 5 aromatic rings. The van der Waals surface area contributed by atoms with Crippen LogP contribution in [0.2, 0.25) is 5.15 Å². The van der Waals surface area contributed by atoms with Crippen molar-refractivity contribution in [1.82, 2.24) is 30.6 Å². The number of nitrogens with zero attached hydrogens (tertiary/aromatic N) is 6. The normalized spacial score (nSPS) is 11.0. The van der Waals surface area contributed by atoms with Crippen molar-refractivity contribution in [1.29, 1.82) is 10.5 Å². The third-order valence-electron chi connectivity index (χ3n) is 7.86. The lowest BCUT2D eigenvalue weighted by molar-refractivity contribution is 0.0516. The van der Waals surface area contributed by atoms with E-state index in [0.717, 1.165) is 28.2 Å². The topological polar surface area (TPSA) is 200 Å². The van der Waals surface area contributed by atoms with Crippen molar-refractivity contribution in [2.75, 3.05) is 23.7 Å². The second-order valence-corrected chi connectivity index (χ2v) is 15.9. The molecule has 0 aliphatic heterocycles. The monoisotopic (exact) mass is 899 g/mol. The van der Waals surface area contributed by atoms with Crippen LogP contribution in [0, 0.1) is 46.3 Å². The Labute approximate surface area is 390 Å². The zero-order valence-corrected chi connectivity index (χ0v) is 36.9. The van der Waals surface area contributed by atoms with Gasteiger partial charge < -0.3 is 30.7 Å². The summed E-state index contributed by atoms with van der Waals surface area (Å²) in [6.07, 6.45) is 4.96. The number of nitrogens with one attached hydrogen (secondary N) is 4. The Morgan fingerprint density at radius 3 is 1.56 bits per heavy atom. The number of alkyl carbamates (subject to hydrolysis) is 2. The minimum Gasteiger partial charge on any atom is -0.444 e. The lowest BCUT2D eigenvalue weighted by Gasteiger charge is -2.19. The lowest BCUT2D eigenvalue weighted by Crippen LogP contribution is -2.32. The quantitative estimate of drug-likeness (QED) is 0.0556. The first-order valence-electron chi connectivity index (χ1n) is 25.0. The van der Waals surface area contributed by atoms with Crippen molar-refractivity contribution in [3.05, 3.63) is 119 Å². The molecule has 3 aromatic carbocycles. The Hall–Kier alpha value is -7.65. The summed E-state index contributed by atoms with van der Waals surface area (Å²) in [5, 5.41) is 29.6. The summed E-state index contributed by atoms with van der Waals surface area (Å²) in [6.45, 7) is 11.9. The van der Waals surface area contributed by atoms with E-state index in [1.165, 1.54) is 0 Å². The van der Waals surface area contributed by atoms with Crippen LogP contribution < -0.4 is 21.3 Å². The van der Waals surface area contributed by atoms with Gasteiger partial charge in [-0.3, -0.25) is 0 Å². The maximum atomic E-state index is 11.7. The van der Waals surface area contributed by atoms with E-state index < -0.39 is 23.4 Å². The molecule has 4 N–H and O–H groups in total. The number of halogens is 1. The average molecular weight is 900 g/mol. The summed E-state index contributed by atoms with van der Waals surface area (Å²) < 4.78 is 60.4. The molecule has 0 aliphatic carbocycles. The average Bonchev–Trinajstić information content (AvgIpc) is 3.39. The van der Waals surface area contributed by atoms with Crippen LogP contribution in [0.4, 0.5) is 32.9 Å². The molecular weight excluding hydrogens is 816 g/mol. The number of carbonyl (C=O) groups is 2. The minimum absolute atomic E-state index is 0. The van der Waals surface area contributed by atoms with Gasteiger partial charge in [0.1, 0.15) is 16.4 Å². The molecule has 0 saturated heterocycles. The van der Waals surface area contributed by atoms with Gasteiger partial charge in [-0.25, -0.2) is 24.5 Å². The van der Waals surface area contributed by atoms with Crippen LogP contribution >= 0.6 is 11.6 Å². The fourth-order valence-electron chi connectivity index (χ4n) is 5.05. The molecule has 0 bridgehead atoms. The van der Waals surface area contributed by atoms with Crippen LogP contribution in [0.15, 0.2) is 91.3 Å². The van der Waals surface area contributed by atoms with E-state index in [1.54, 1.807) is 48.8 Å². The van der Waals surface area contributed by atoms with E-state index in [0.29, 0.717) is 67.4 Å². The van der Waals surface area contributed by atoms with Crippen LogP contribution in [0.25, 0.3) is 11.3 Å². The molecule has 14 nitrogen and oxygen atoms in total. The fourth-order valence-corrected chi connectivity index (χ4v) is 5.22. The molecule has 0 unspecified atom stereocenters. The van der Waals surface area contributed by atoms with Gasteiger partial charge in [0, 0.05) is 71.5 Å². The van der Waals surface area contributed by atoms with E-state index in [2.05, 4.69) is 77.0 Å². The van der Waals surface area contributed by atoms with E-state index in [9.17, 15) is 9.59 Å². The lowest BCUT2D eigenvalue weighted by atomic mass is 10.1. The molecule has 2 heterocycles. The summed E-state index contributed by atoms with van der Waals surface area (Å²) in [4.78, 5) is 40.7. The number of hydrogen-bond donors (Lipinski definition) is 4. The predicted molar refractivity (Wildman–Crippen MR) is 257 cm³/mol. The van der Waals surface area contributed by atoms with Gasteiger partial charge >= 0.3 is 12.2 Å². The van der Waals surface area contributed by atoms with E-state index >= 15 is 0 Å². The van der Waals surface area contributed by atoms with Crippen molar-refractivity contribution >= 4 is 47.1 Å². The van der Waals surface area contributed by atoms with Crippen LogP contribution in [-0.4, -0.2) is 56.4 Å². The van der Waals surface area contributed by atoms with Gasteiger partial charge in [-0.05, 0) is 103 Å². The highest BCUT2D eigenvalue weighted by atomic mass is 35.5. The second-order valence-electron chi connectivity index (χ2n) is 15.5.